The highest BCUT2D eigenvalue weighted by atomic mass is 16.3. The fourth-order valence-electron chi connectivity index (χ4n) is 2.63. The summed E-state index contributed by atoms with van der Waals surface area (Å²) in [5, 5.41) is 3.59. The van der Waals surface area contributed by atoms with Gasteiger partial charge >= 0.3 is 0 Å². The molecule has 0 spiro atoms. The monoisotopic (exact) mass is 231 g/mol. The van der Waals surface area contributed by atoms with Crippen molar-refractivity contribution in [2.24, 2.45) is 0 Å². The van der Waals surface area contributed by atoms with Gasteiger partial charge in [0.05, 0.1) is 5.39 Å². The molecule has 0 radical (unpaired) electrons. The molecule has 0 amide bonds. The summed E-state index contributed by atoms with van der Waals surface area (Å²) >= 11 is 0. The fourth-order valence-corrected chi connectivity index (χ4v) is 2.63. The highest BCUT2D eigenvalue weighted by molar-refractivity contribution is 6.41. The molecular formula is C15H10BNO. The van der Waals surface area contributed by atoms with Gasteiger partial charge in [0.15, 0.2) is 5.58 Å². The van der Waals surface area contributed by atoms with Crippen molar-refractivity contribution in [3.8, 4) is 0 Å². The van der Waals surface area contributed by atoms with Gasteiger partial charge in [-0.05, 0) is 29.0 Å². The summed E-state index contributed by atoms with van der Waals surface area (Å²) in [7, 11) is 2.11. The van der Waals surface area contributed by atoms with Crippen LogP contribution in [0.5, 0.6) is 0 Å². The zero-order valence-corrected chi connectivity index (χ0v) is 9.97. The van der Waals surface area contributed by atoms with Gasteiger partial charge in [-0.3, -0.25) is 4.98 Å². The first-order chi connectivity index (χ1) is 8.84. The zero-order chi connectivity index (χ0) is 12.1. The van der Waals surface area contributed by atoms with Gasteiger partial charge in [-0.1, -0.05) is 29.7 Å². The third-order valence-corrected chi connectivity index (χ3v) is 3.44. The summed E-state index contributed by atoms with van der Waals surface area (Å²) < 4.78 is 5.88. The molecule has 4 rings (SSSR count). The van der Waals surface area contributed by atoms with Gasteiger partial charge in [-0.25, -0.2) is 0 Å². The molecule has 0 aliphatic rings. The first-order valence-electron chi connectivity index (χ1n) is 6.00. The van der Waals surface area contributed by atoms with Crippen LogP contribution in [0, 0.1) is 0 Å². The third kappa shape index (κ3) is 1.16. The topological polar surface area (TPSA) is 26.0 Å². The highest BCUT2D eigenvalue weighted by Crippen LogP contribution is 2.31. The number of hydrogen-bond donors (Lipinski definition) is 0. The van der Waals surface area contributed by atoms with E-state index in [1.54, 1.807) is 0 Å². The maximum absolute atomic E-state index is 5.88. The van der Waals surface area contributed by atoms with E-state index in [0.29, 0.717) is 0 Å². The minimum absolute atomic E-state index is 0.850. The molecule has 0 saturated heterocycles. The normalized spacial score (nSPS) is 11.6. The van der Waals surface area contributed by atoms with Crippen LogP contribution in [-0.4, -0.2) is 12.8 Å². The summed E-state index contributed by atoms with van der Waals surface area (Å²) in [4.78, 5) is 4.46. The van der Waals surface area contributed by atoms with Crippen molar-refractivity contribution in [1.29, 1.82) is 0 Å². The molecule has 0 N–H and O–H groups in total. The number of aromatic nitrogens is 1. The molecule has 0 atom stereocenters. The van der Waals surface area contributed by atoms with Crippen molar-refractivity contribution in [2.75, 3.05) is 0 Å². The lowest BCUT2D eigenvalue weighted by molar-refractivity contribution is 0.668. The maximum atomic E-state index is 5.88. The average Bonchev–Trinajstić information content (AvgIpc) is 2.77. The molecule has 18 heavy (non-hydrogen) atoms. The zero-order valence-electron chi connectivity index (χ0n) is 9.97. The van der Waals surface area contributed by atoms with Gasteiger partial charge in [0, 0.05) is 6.20 Å². The summed E-state index contributed by atoms with van der Waals surface area (Å²) in [6.07, 6.45) is 1.81. The van der Waals surface area contributed by atoms with E-state index in [4.69, 9.17) is 4.42 Å². The van der Waals surface area contributed by atoms with Crippen LogP contribution in [0.3, 0.4) is 0 Å². The first kappa shape index (κ1) is 9.72. The number of nitrogens with zero attached hydrogens (tertiary/aromatic N) is 1. The Bertz CT molecular complexity index is 895. The number of rotatable bonds is 0. The Kier molecular flexibility index (Phi) is 1.81. The molecule has 2 nitrogen and oxygen atoms in total. The largest absolute Gasteiger partial charge is 0.454 e. The number of furan rings is 1. The van der Waals surface area contributed by atoms with Gasteiger partial charge in [-0.15, -0.1) is 0 Å². The molecule has 0 saturated carbocycles. The van der Waals surface area contributed by atoms with E-state index < -0.39 is 0 Å². The van der Waals surface area contributed by atoms with Gasteiger partial charge in [-0.2, -0.15) is 0 Å². The lowest BCUT2D eigenvalue weighted by Crippen LogP contribution is -2.02. The molecule has 0 bridgehead atoms. The Hall–Kier alpha value is -2.29. The molecule has 2 aromatic heterocycles. The SMILES string of the molecule is Bc1cc2oc3cccnc3c2c2ccccc12. The number of benzene rings is 2. The maximum Gasteiger partial charge on any atom is 0.153 e. The minimum atomic E-state index is 0.850. The smallest absolute Gasteiger partial charge is 0.153 e. The van der Waals surface area contributed by atoms with Crippen LogP contribution in [0.2, 0.25) is 0 Å². The van der Waals surface area contributed by atoms with Crippen molar-refractivity contribution >= 4 is 46.2 Å². The van der Waals surface area contributed by atoms with Crippen LogP contribution in [0.1, 0.15) is 0 Å². The van der Waals surface area contributed by atoms with Crippen LogP contribution in [0.15, 0.2) is 53.1 Å². The van der Waals surface area contributed by atoms with E-state index in [2.05, 4.69) is 43.2 Å². The number of hydrogen-bond acceptors (Lipinski definition) is 2. The molecule has 3 heteroatoms. The Morgan fingerprint density at radius 2 is 1.78 bits per heavy atom. The molecule has 2 heterocycles. The third-order valence-electron chi connectivity index (χ3n) is 3.44. The minimum Gasteiger partial charge on any atom is -0.454 e. The van der Waals surface area contributed by atoms with Crippen LogP contribution < -0.4 is 5.46 Å². The van der Waals surface area contributed by atoms with Crippen LogP contribution >= 0.6 is 0 Å². The van der Waals surface area contributed by atoms with Crippen molar-refractivity contribution in [3.63, 3.8) is 0 Å². The van der Waals surface area contributed by atoms with E-state index in [1.165, 1.54) is 16.2 Å². The molecular weight excluding hydrogens is 221 g/mol. The summed E-state index contributed by atoms with van der Waals surface area (Å²) in [6, 6.07) is 14.4. The Morgan fingerprint density at radius 1 is 0.944 bits per heavy atom. The predicted molar refractivity (Wildman–Crippen MR) is 77.2 cm³/mol. The molecule has 0 unspecified atom stereocenters. The standard InChI is InChI=1S/C15H10BNO/c16-11-8-13-14(10-5-2-1-4-9(10)11)15-12(18-13)6-3-7-17-15/h1-8H,16H2. The van der Waals surface area contributed by atoms with Crippen molar-refractivity contribution in [3.05, 3.63) is 48.7 Å². The second kappa shape index (κ2) is 3.36. The summed E-state index contributed by atoms with van der Waals surface area (Å²) in [5.41, 5.74) is 3.95. The highest BCUT2D eigenvalue weighted by Gasteiger charge is 2.12. The van der Waals surface area contributed by atoms with Gasteiger partial charge in [0.2, 0.25) is 0 Å². The van der Waals surface area contributed by atoms with E-state index in [9.17, 15) is 0 Å². The fraction of sp³-hybridized carbons (Fsp3) is 0. The molecule has 0 aliphatic heterocycles. The summed E-state index contributed by atoms with van der Waals surface area (Å²) in [6.45, 7) is 0. The van der Waals surface area contributed by atoms with Crippen LogP contribution in [-0.2, 0) is 0 Å². The van der Waals surface area contributed by atoms with Crippen molar-refractivity contribution in [1.82, 2.24) is 4.98 Å². The Labute approximate surface area is 105 Å². The van der Waals surface area contributed by atoms with E-state index in [-0.39, 0.29) is 0 Å². The molecule has 0 fully saturated rings. The molecule has 2 aromatic carbocycles. The predicted octanol–water partition coefficient (Wildman–Crippen LogP) is 2.39. The molecule has 4 aromatic rings. The van der Waals surface area contributed by atoms with Gasteiger partial charge < -0.3 is 4.42 Å². The number of fused-ring (bicyclic) bond motifs is 5. The number of pyridine rings is 1. The van der Waals surface area contributed by atoms with Crippen LogP contribution in [0.4, 0.5) is 0 Å². The van der Waals surface area contributed by atoms with E-state index in [1.807, 2.05) is 18.3 Å². The Balaban J connectivity index is 2.39. The second-order valence-electron chi connectivity index (χ2n) is 4.56. The Morgan fingerprint density at radius 3 is 2.67 bits per heavy atom. The first-order valence-corrected chi connectivity index (χ1v) is 6.00. The quantitative estimate of drug-likeness (QED) is 0.434. The van der Waals surface area contributed by atoms with Gasteiger partial charge in [0.1, 0.15) is 18.9 Å². The van der Waals surface area contributed by atoms with Crippen molar-refractivity contribution in [2.45, 2.75) is 0 Å². The average molecular weight is 231 g/mol. The molecule has 0 aliphatic carbocycles. The lowest BCUT2D eigenvalue weighted by atomic mass is 9.88. The van der Waals surface area contributed by atoms with Gasteiger partial charge in [0.25, 0.3) is 0 Å². The summed E-state index contributed by atoms with van der Waals surface area (Å²) in [5.74, 6) is 0. The molecule has 84 valence electrons. The van der Waals surface area contributed by atoms with Crippen LogP contribution in [0.25, 0.3) is 32.8 Å². The second-order valence-corrected chi connectivity index (χ2v) is 4.56. The van der Waals surface area contributed by atoms with E-state index >= 15 is 0 Å². The lowest BCUT2D eigenvalue weighted by Gasteiger charge is -2.02. The van der Waals surface area contributed by atoms with Crippen molar-refractivity contribution < 1.29 is 4.42 Å². The van der Waals surface area contributed by atoms with E-state index in [0.717, 1.165) is 22.1 Å².